The second kappa shape index (κ2) is 10.2. The SMILES string of the molecule is CCCCCCC/C=C/NC=O. The minimum absolute atomic E-state index is 0.688. The molecule has 0 aliphatic heterocycles. The van der Waals surface area contributed by atoms with E-state index in [0.717, 1.165) is 6.42 Å². The summed E-state index contributed by atoms with van der Waals surface area (Å²) in [5.74, 6) is 0. The molecule has 0 unspecified atom stereocenters. The molecule has 0 bridgehead atoms. The number of rotatable bonds is 8. The lowest BCUT2D eigenvalue weighted by molar-refractivity contribution is -0.108. The maximum Gasteiger partial charge on any atom is 0.211 e. The Balaban J connectivity index is 2.94. The molecule has 0 aromatic heterocycles. The molecule has 0 fully saturated rings. The number of hydrogen-bond donors (Lipinski definition) is 1. The smallest absolute Gasteiger partial charge is 0.211 e. The standard InChI is InChI=1S/C10H19NO/c1-2-3-4-5-6-7-8-9-11-10-12/h8-10H,2-7H2,1H3,(H,11,12)/b9-8+. The average molecular weight is 169 g/mol. The summed E-state index contributed by atoms with van der Waals surface area (Å²) >= 11 is 0. The molecule has 2 nitrogen and oxygen atoms in total. The van der Waals surface area contributed by atoms with Gasteiger partial charge in [-0.25, -0.2) is 0 Å². The second-order valence-electron chi connectivity index (χ2n) is 2.89. The Kier molecular flexibility index (Phi) is 9.54. The highest BCUT2D eigenvalue weighted by molar-refractivity contribution is 5.47. The summed E-state index contributed by atoms with van der Waals surface area (Å²) in [6.45, 7) is 2.22. The zero-order valence-corrected chi connectivity index (χ0v) is 7.88. The predicted octanol–water partition coefficient (Wildman–Crippen LogP) is 2.61. The van der Waals surface area contributed by atoms with Gasteiger partial charge in [-0.1, -0.05) is 38.7 Å². The number of carbonyl (C=O) groups is 1. The molecule has 0 rings (SSSR count). The highest BCUT2D eigenvalue weighted by Gasteiger charge is 1.85. The van der Waals surface area contributed by atoms with E-state index in [4.69, 9.17) is 0 Å². The molecule has 0 radical (unpaired) electrons. The van der Waals surface area contributed by atoms with Crippen LogP contribution in [0.25, 0.3) is 0 Å². The van der Waals surface area contributed by atoms with Crippen molar-refractivity contribution in [2.24, 2.45) is 0 Å². The first-order valence-corrected chi connectivity index (χ1v) is 4.76. The van der Waals surface area contributed by atoms with Gasteiger partial charge in [0.2, 0.25) is 6.41 Å². The van der Waals surface area contributed by atoms with E-state index in [1.165, 1.54) is 32.1 Å². The molecule has 70 valence electrons. The number of allylic oxidation sites excluding steroid dienone is 1. The van der Waals surface area contributed by atoms with Crippen molar-refractivity contribution in [3.63, 3.8) is 0 Å². The Labute approximate surface area is 75.0 Å². The topological polar surface area (TPSA) is 29.1 Å². The van der Waals surface area contributed by atoms with Crippen molar-refractivity contribution in [2.75, 3.05) is 0 Å². The lowest BCUT2D eigenvalue weighted by Crippen LogP contribution is -1.97. The van der Waals surface area contributed by atoms with Gasteiger partial charge in [0.05, 0.1) is 0 Å². The van der Waals surface area contributed by atoms with E-state index in [-0.39, 0.29) is 0 Å². The first-order chi connectivity index (χ1) is 5.91. The summed E-state index contributed by atoms with van der Waals surface area (Å²) in [6, 6.07) is 0. The first-order valence-electron chi connectivity index (χ1n) is 4.76. The monoisotopic (exact) mass is 169 g/mol. The van der Waals surface area contributed by atoms with Gasteiger partial charge in [0.15, 0.2) is 0 Å². The quantitative estimate of drug-likeness (QED) is 0.439. The molecule has 1 amide bonds. The van der Waals surface area contributed by atoms with Gasteiger partial charge in [-0.15, -0.1) is 0 Å². The van der Waals surface area contributed by atoms with Crippen LogP contribution in [0.5, 0.6) is 0 Å². The van der Waals surface area contributed by atoms with Crippen LogP contribution in [0, 0.1) is 0 Å². The molecule has 0 aliphatic rings. The Morgan fingerprint density at radius 3 is 2.58 bits per heavy atom. The molecule has 0 atom stereocenters. The van der Waals surface area contributed by atoms with Crippen molar-refractivity contribution < 1.29 is 4.79 Å². The van der Waals surface area contributed by atoms with Gasteiger partial charge in [0.25, 0.3) is 0 Å². The zero-order valence-electron chi connectivity index (χ0n) is 7.88. The fraction of sp³-hybridized carbons (Fsp3) is 0.700. The van der Waals surface area contributed by atoms with E-state index in [0.29, 0.717) is 6.41 Å². The largest absolute Gasteiger partial charge is 0.336 e. The number of unbranched alkanes of at least 4 members (excludes halogenated alkanes) is 5. The Bertz CT molecular complexity index is 121. The summed E-state index contributed by atoms with van der Waals surface area (Å²) in [5, 5.41) is 2.49. The van der Waals surface area contributed by atoms with Crippen molar-refractivity contribution in [3.05, 3.63) is 12.3 Å². The highest BCUT2D eigenvalue weighted by atomic mass is 16.1. The molecule has 0 spiro atoms. The fourth-order valence-corrected chi connectivity index (χ4v) is 1.06. The molecule has 0 aliphatic carbocycles. The lowest BCUT2D eigenvalue weighted by atomic mass is 10.1. The highest BCUT2D eigenvalue weighted by Crippen LogP contribution is 2.04. The molecule has 0 saturated heterocycles. The minimum Gasteiger partial charge on any atom is -0.336 e. The molecule has 0 heterocycles. The normalized spacial score (nSPS) is 10.4. The number of amides is 1. The molecule has 1 N–H and O–H groups in total. The van der Waals surface area contributed by atoms with E-state index >= 15 is 0 Å². The van der Waals surface area contributed by atoms with Crippen LogP contribution in [0.15, 0.2) is 12.3 Å². The molecule has 12 heavy (non-hydrogen) atoms. The van der Waals surface area contributed by atoms with Gasteiger partial charge in [-0.05, 0) is 19.0 Å². The van der Waals surface area contributed by atoms with E-state index in [2.05, 4.69) is 12.2 Å². The maximum atomic E-state index is 9.82. The Morgan fingerprint density at radius 2 is 1.92 bits per heavy atom. The molecular weight excluding hydrogens is 150 g/mol. The zero-order chi connectivity index (χ0) is 9.07. The van der Waals surface area contributed by atoms with E-state index in [9.17, 15) is 4.79 Å². The van der Waals surface area contributed by atoms with Crippen molar-refractivity contribution in [2.45, 2.75) is 45.4 Å². The molecular formula is C10H19NO. The third kappa shape index (κ3) is 9.21. The van der Waals surface area contributed by atoms with Crippen LogP contribution in [0.3, 0.4) is 0 Å². The van der Waals surface area contributed by atoms with E-state index in [1.54, 1.807) is 6.20 Å². The van der Waals surface area contributed by atoms with Crippen molar-refractivity contribution >= 4 is 6.41 Å². The number of nitrogens with one attached hydrogen (secondary N) is 1. The fourth-order valence-electron chi connectivity index (χ4n) is 1.06. The third-order valence-corrected chi connectivity index (χ3v) is 1.76. The molecule has 2 heteroatoms. The van der Waals surface area contributed by atoms with Gasteiger partial charge >= 0.3 is 0 Å². The Hall–Kier alpha value is -0.790. The Morgan fingerprint density at radius 1 is 1.17 bits per heavy atom. The van der Waals surface area contributed by atoms with Gasteiger partial charge in [-0.2, -0.15) is 0 Å². The van der Waals surface area contributed by atoms with Gasteiger partial charge in [-0.3, -0.25) is 4.79 Å². The lowest BCUT2D eigenvalue weighted by Gasteiger charge is -1.95. The van der Waals surface area contributed by atoms with Crippen LogP contribution in [0.1, 0.15) is 45.4 Å². The molecule has 0 saturated carbocycles. The van der Waals surface area contributed by atoms with E-state index in [1.807, 2.05) is 6.08 Å². The summed E-state index contributed by atoms with van der Waals surface area (Å²) in [5.41, 5.74) is 0. The van der Waals surface area contributed by atoms with Crippen molar-refractivity contribution in [1.82, 2.24) is 5.32 Å². The molecule has 0 aromatic carbocycles. The maximum absolute atomic E-state index is 9.82. The third-order valence-electron chi connectivity index (χ3n) is 1.76. The summed E-state index contributed by atoms with van der Waals surface area (Å²) in [4.78, 5) is 9.82. The first kappa shape index (κ1) is 11.2. The van der Waals surface area contributed by atoms with Crippen LogP contribution in [-0.2, 0) is 4.79 Å². The van der Waals surface area contributed by atoms with Gasteiger partial charge < -0.3 is 5.32 Å². The number of hydrogen-bond acceptors (Lipinski definition) is 1. The molecule has 0 aromatic rings. The number of carbonyl (C=O) groups excluding carboxylic acids is 1. The second-order valence-corrected chi connectivity index (χ2v) is 2.89. The van der Waals surface area contributed by atoms with Crippen molar-refractivity contribution in [3.8, 4) is 0 Å². The van der Waals surface area contributed by atoms with Crippen LogP contribution >= 0.6 is 0 Å². The summed E-state index contributed by atoms with van der Waals surface area (Å²) in [7, 11) is 0. The van der Waals surface area contributed by atoms with E-state index < -0.39 is 0 Å². The van der Waals surface area contributed by atoms with Crippen LogP contribution in [0.2, 0.25) is 0 Å². The predicted molar refractivity (Wildman–Crippen MR) is 51.7 cm³/mol. The summed E-state index contributed by atoms with van der Waals surface area (Å²) in [6.07, 6.45) is 12.0. The van der Waals surface area contributed by atoms with Crippen molar-refractivity contribution in [1.29, 1.82) is 0 Å². The van der Waals surface area contributed by atoms with Gasteiger partial charge in [0.1, 0.15) is 0 Å². The van der Waals surface area contributed by atoms with Crippen LogP contribution in [-0.4, -0.2) is 6.41 Å². The van der Waals surface area contributed by atoms with Crippen LogP contribution < -0.4 is 5.32 Å². The van der Waals surface area contributed by atoms with Crippen LogP contribution in [0.4, 0.5) is 0 Å². The summed E-state index contributed by atoms with van der Waals surface area (Å²) < 4.78 is 0. The van der Waals surface area contributed by atoms with Gasteiger partial charge in [0, 0.05) is 0 Å². The minimum atomic E-state index is 0.688. The average Bonchev–Trinajstić information content (AvgIpc) is 2.10.